The third-order valence-electron chi connectivity index (χ3n) is 5.72. The highest BCUT2D eigenvalue weighted by atomic mass is 19.4. The maximum Gasteiger partial charge on any atom is 0.490 e. The van der Waals surface area contributed by atoms with Gasteiger partial charge in [0.25, 0.3) is 5.56 Å². The fourth-order valence-corrected chi connectivity index (χ4v) is 3.86. The number of aromatic nitrogens is 3. The van der Waals surface area contributed by atoms with E-state index in [2.05, 4.69) is 11.5 Å². The molecule has 196 valence electrons. The fraction of sp³-hybridized carbons (Fsp3) is 0.280. The average Bonchev–Trinajstić information content (AvgIpc) is 3.25. The van der Waals surface area contributed by atoms with E-state index in [1.165, 1.54) is 7.11 Å². The van der Waals surface area contributed by atoms with Crippen LogP contribution in [0.2, 0.25) is 0 Å². The van der Waals surface area contributed by atoms with E-state index < -0.39 is 18.1 Å². The standard InChI is InChI=1S/C23H24N4O3.C2HF3O2/c1-4-26-13-17(16-7-5-6-8-19(16)26)21-22(28)27(14(2)12-24)20-11-15(23(29)30-3)9-10-18(20)25-21;3-2(4,5)1(6)7/h5-11,13-14H,4,12,24H2,1-3H3;(H,6,7). The number of rotatable bonds is 5. The normalized spacial score (nSPS) is 12.2. The van der Waals surface area contributed by atoms with Crippen LogP contribution in [-0.2, 0) is 16.1 Å². The third-order valence-corrected chi connectivity index (χ3v) is 5.72. The minimum Gasteiger partial charge on any atom is -0.475 e. The minimum absolute atomic E-state index is 0.235. The van der Waals surface area contributed by atoms with Gasteiger partial charge >= 0.3 is 18.1 Å². The quantitative estimate of drug-likeness (QED) is 0.382. The molecule has 37 heavy (non-hydrogen) atoms. The summed E-state index contributed by atoms with van der Waals surface area (Å²) >= 11 is 0. The predicted octanol–water partition coefficient (Wildman–Crippen LogP) is 3.98. The fourth-order valence-electron chi connectivity index (χ4n) is 3.86. The molecule has 0 aliphatic rings. The molecule has 0 saturated carbocycles. The van der Waals surface area contributed by atoms with Gasteiger partial charge in [-0.2, -0.15) is 13.2 Å². The van der Waals surface area contributed by atoms with Gasteiger partial charge in [-0.05, 0) is 38.1 Å². The smallest absolute Gasteiger partial charge is 0.475 e. The van der Waals surface area contributed by atoms with Gasteiger partial charge in [-0.15, -0.1) is 0 Å². The van der Waals surface area contributed by atoms with Crippen molar-refractivity contribution in [1.29, 1.82) is 0 Å². The Balaban J connectivity index is 0.000000479. The van der Waals surface area contributed by atoms with Crippen LogP contribution in [0.3, 0.4) is 0 Å². The molecular formula is C25H25F3N4O5. The molecule has 4 aromatic rings. The highest BCUT2D eigenvalue weighted by Gasteiger charge is 2.38. The molecule has 0 aliphatic carbocycles. The molecule has 0 spiro atoms. The van der Waals surface area contributed by atoms with E-state index in [9.17, 15) is 22.8 Å². The Morgan fingerprint density at radius 1 is 1.16 bits per heavy atom. The molecule has 2 aromatic heterocycles. The van der Waals surface area contributed by atoms with Crippen LogP contribution in [0.1, 0.15) is 30.2 Å². The van der Waals surface area contributed by atoms with Gasteiger partial charge in [0.1, 0.15) is 5.69 Å². The first-order valence-electron chi connectivity index (χ1n) is 11.2. The SMILES string of the molecule is CCn1cc(-c2nc3ccc(C(=O)OC)cc3n(C(C)CN)c2=O)c2ccccc21.O=C(O)C(F)(F)F. The lowest BCUT2D eigenvalue weighted by molar-refractivity contribution is -0.192. The number of nitrogens with two attached hydrogens (primary N) is 1. The monoisotopic (exact) mass is 518 g/mol. The first-order chi connectivity index (χ1) is 17.4. The van der Waals surface area contributed by atoms with E-state index in [0.717, 1.165) is 23.0 Å². The third kappa shape index (κ3) is 5.48. The number of fused-ring (bicyclic) bond motifs is 2. The number of esters is 1. The number of carbonyl (C=O) groups excluding carboxylic acids is 1. The lowest BCUT2D eigenvalue weighted by atomic mass is 10.1. The molecule has 1 atom stereocenters. The van der Waals surface area contributed by atoms with E-state index >= 15 is 0 Å². The Bertz CT molecular complexity index is 1520. The van der Waals surface area contributed by atoms with Gasteiger partial charge in [-0.1, -0.05) is 18.2 Å². The first-order valence-corrected chi connectivity index (χ1v) is 11.2. The van der Waals surface area contributed by atoms with Gasteiger partial charge < -0.3 is 24.7 Å². The highest BCUT2D eigenvalue weighted by Crippen LogP contribution is 2.29. The van der Waals surface area contributed by atoms with Crippen LogP contribution in [0.4, 0.5) is 13.2 Å². The van der Waals surface area contributed by atoms with Gasteiger partial charge in [0.15, 0.2) is 0 Å². The molecule has 0 bridgehead atoms. The van der Waals surface area contributed by atoms with Crippen molar-refractivity contribution in [2.75, 3.05) is 13.7 Å². The summed E-state index contributed by atoms with van der Waals surface area (Å²) in [5.41, 5.74) is 9.43. The lowest BCUT2D eigenvalue weighted by Crippen LogP contribution is -2.30. The molecule has 2 heterocycles. The second-order valence-corrected chi connectivity index (χ2v) is 8.06. The highest BCUT2D eigenvalue weighted by molar-refractivity contribution is 5.97. The Morgan fingerprint density at radius 2 is 1.81 bits per heavy atom. The van der Waals surface area contributed by atoms with Crippen molar-refractivity contribution in [3.05, 3.63) is 64.6 Å². The number of nitrogens with zero attached hydrogens (tertiary/aromatic N) is 3. The summed E-state index contributed by atoms with van der Waals surface area (Å²) in [5, 5.41) is 8.10. The largest absolute Gasteiger partial charge is 0.490 e. The number of halogens is 3. The molecular weight excluding hydrogens is 493 g/mol. The van der Waals surface area contributed by atoms with Crippen molar-refractivity contribution >= 4 is 33.9 Å². The topological polar surface area (TPSA) is 129 Å². The summed E-state index contributed by atoms with van der Waals surface area (Å²) in [7, 11) is 1.33. The lowest BCUT2D eigenvalue weighted by Gasteiger charge is -2.18. The van der Waals surface area contributed by atoms with Gasteiger partial charge in [0.05, 0.1) is 23.7 Å². The van der Waals surface area contributed by atoms with E-state index in [1.54, 1.807) is 22.8 Å². The van der Waals surface area contributed by atoms with Crippen molar-refractivity contribution in [1.82, 2.24) is 14.1 Å². The maximum atomic E-state index is 13.6. The van der Waals surface area contributed by atoms with E-state index in [1.807, 2.05) is 37.4 Å². The van der Waals surface area contributed by atoms with Crippen molar-refractivity contribution in [3.8, 4) is 11.3 Å². The van der Waals surface area contributed by atoms with Crippen molar-refractivity contribution in [2.24, 2.45) is 5.73 Å². The zero-order valence-corrected chi connectivity index (χ0v) is 20.2. The maximum absolute atomic E-state index is 13.6. The van der Waals surface area contributed by atoms with Crippen LogP contribution in [0.5, 0.6) is 0 Å². The number of aliphatic carboxylic acids is 1. The number of hydrogen-bond donors (Lipinski definition) is 2. The summed E-state index contributed by atoms with van der Waals surface area (Å²) in [6, 6.07) is 12.7. The van der Waals surface area contributed by atoms with Crippen LogP contribution < -0.4 is 11.3 Å². The molecule has 0 aliphatic heterocycles. The predicted molar refractivity (Wildman–Crippen MR) is 131 cm³/mol. The Kier molecular flexibility index (Phi) is 8.02. The Morgan fingerprint density at radius 3 is 2.38 bits per heavy atom. The molecule has 2 aromatic carbocycles. The number of carboxylic acid groups (broad SMARTS) is 1. The number of aryl methyl sites for hydroxylation is 1. The summed E-state index contributed by atoms with van der Waals surface area (Å²) in [6.07, 6.45) is -3.11. The molecule has 0 radical (unpaired) electrons. The summed E-state index contributed by atoms with van der Waals surface area (Å²) in [5.74, 6) is -3.22. The Labute approximate surface area is 208 Å². The number of hydrogen-bond acceptors (Lipinski definition) is 6. The molecule has 0 saturated heterocycles. The first kappa shape index (κ1) is 27.4. The second kappa shape index (κ2) is 10.8. The van der Waals surface area contributed by atoms with Crippen LogP contribution in [0, 0.1) is 0 Å². The number of para-hydroxylation sites is 1. The molecule has 1 unspecified atom stereocenters. The summed E-state index contributed by atoms with van der Waals surface area (Å²) in [6.45, 7) is 5.00. The van der Waals surface area contributed by atoms with E-state index in [-0.39, 0.29) is 18.1 Å². The molecule has 0 fully saturated rings. The van der Waals surface area contributed by atoms with Crippen LogP contribution in [0.15, 0.2) is 53.5 Å². The second-order valence-electron chi connectivity index (χ2n) is 8.06. The van der Waals surface area contributed by atoms with Crippen LogP contribution >= 0.6 is 0 Å². The van der Waals surface area contributed by atoms with Gasteiger partial charge in [-0.3, -0.25) is 4.79 Å². The number of methoxy groups -OCH3 is 1. The minimum atomic E-state index is -5.08. The summed E-state index contributed by atoms with van der Waals surface area (Å²) in [4.78, 5) is 39.2. The zero-order chi connectivity index (χ0) is 27.5. The van der Waals surface area contributed by atoms with Crippen LogP contribution in [-0.4, -0.2) is 51.0 Å². The molecule has 12 heteroatoms. The zero-order valence-electron chi connectivity index (χ0n) is 20.2. The number of carbonyl (C=O) groups is 2. The molecule has 9 nitrogen and oxygen atoms in total. The van der Waals surface area contributed by atoms with E-state index in [0.29, 0.717) is 22.3 Å². The summed E-state index contributed by atoms with van der Waals surface area (Å²) < 4.78 is 40.3. The average molecular weight is 518 g/mol. The van der Waals surface area contributed by atoms with Crippen molar-refractivity contribution in [2.45, 2.75) is 32.6 Å². The van der Waals surface area contributed by atoms with Crippen molar-refractivity contribution in [3.63, 3.8) is 0 Å². The van der Waals surface area contributed by atoms with Crippen LogP contribution in [0.25, 0.3) is 33.2 Å². The van der Waals surface area contributed by atoms with E-state index in [4.69, 9.17) is 25.4 Å². The van der Waals surface area contributed by atoms with Gasteiger partial charge in [0, 0.05) is 41.8 Å². The number of alkyl halides is 3. The molecule has 4 rings (SSSR count). The number of carboxylic acids is 1. The van der Waals surface area contributed by atoms with Crippen molar-refractivity contribution < 1.29 is 32.6 Å². The number of benzene rings is 2. The van der Waals surface area contributed by atoms with Gasteiger partial charge in [0.2, 0.25) is 0 Å². The molecule has 0 amide bonds. The number of ether oxygens (including phenoxy) is 1. The van der Waals surface area contributed by atoms with Gasteiger partial charge in [-0.25, -0.2) is 14.6 Å². The molecule has 3 N–H and O–H groups in total. The Hall–Kier alpha value is -4.19.